The standard InChI is InChI=1S/C18H18F3N5O/c19-18(20,21)8-15(27)25-11-2-1-7-26(10-11)14-4-6-22-13-9-24-17-12(16(13)14)3-5-23-17/h3-6,9,11H,1-2,7-8,10H2,(H,23,24)(H,25,27). The molecule has 0 saturated carbocycles. The zero-order valence-corrected chi connectivity index (χ0v) is 14.4. The van der Waals surface area contributed by atoms with Crippen molar-refractivity contribution in [1.82, 2.24) is 20.3 Å². The van der Waals surface area contributed by atoms with E-state index in [9.17, 15) is 18.0 Å². The van der Waals surface area contributed by atoms with Crippen molar-refractivity contribution >= 4 is 33.5 Å². The highest BCUT2D eigenvalue weighted by atomic mass is 19.4. The number of aromatic amines is 1. The quantitative estimate of drug-likeness (QED) is 0.735. The Morgan fingerprint density at radius 1 is 1.33 bits per heavy atom. The van der Waals surface area contributed by atoms with Crippen molar-refractivity contribution in [2.75, 3.05) is 18.0 Å². The zero-order valence-electron chi connectivity index (χ0n) is 14.4. The van der Waals surface area contributed by atoms with Crippen LogP contribution in [0.3, 0.4) is 0 Å². The number of nitrogens with zero attached hydrogens (tertiary/aromatic N) is 3. The molecule has 1 fully saturated rings. The molecule has 2 N–H and O–H groups in total. The molecule has 9 heteroatoms. The molecular weight excluding hydrogens is 359 g/mol. The number of alkyl halides is 3. The largest absolute Gasteiger partial charge is 0.397 e. The number of H-pyrrole nitrogens is 1. The van der Waals surface area contributed by atoms with E-state index < -0.39 is 18.5 Å². The highest BCUT2D eigenvalue weighted by Gasteiger charge is 2.32. The van der Waals surface area contributed by atoms with Gasteiger partial charge in [-0.2, -0.15) is 13.2 Å². The highest BCUT2D eigenvalue weighted by Crippen LogP contribution is 2.32. The molecule has 0 aliphatic carbocycles. The van der Waals surface area contributed by atoms with E-state index in [4.69, 9.17) is 0 Å². The fraction of sp³-hybridized carbons (Fsp3) is 0.389. The van der Waals surface area contributed by atoms with Crippen LogP contribution in [0.5, 0.6) is 0 Å². The van der Waals surface area contributed by atoms with Crippen LogP contribution in [-0.2, 0) is 4.79 Å². The van der Waals surface area contributed by atoms with Crippen LogP contribution in [-0.4, -0.2) is 46.2 Å². The number of aromatic nitrogens is 3. The summed E-state index contributed by atoms with van der Waals surface area (Å²) < 4.78 is 37.2. The number of nitrogens with one attached hydrogen (secondary N) is 2. The van der Waals surface area contributed by atoms with E-state index in [2.05, 4.69) is 25.2 Å². The fourth-order valence-corrected chi connectivity index (χ4v) is 3.67. The molecule has 4 heterocycles. The molecule has 1 saturated heterocycles. The van der Waals surface area contributed by atoms with Crippen LogP contribution in [0.1, 0.15) is 19.3 Å². The van der Waals surface area contributed by atoms with Crippen molar-refractivity contribution in [3.63, 3.8) is 0 Å². The van der Waals surface area contributed by atoms with E-state index in [-0.39, 0.29) is 6.04 Å². The molecule has 4 rings (SSSR count). The number of hydrogen-bond acceptors (Lipinski definition) is 4. The van der Waals surface area contributed by atoms with Gasteiger partial charge in [-0.1, -0.05) is 0 Å². The second-order valence-corrected chi connectivity index (χ2v) is 6.73. The lowest BCUT2D eigenvalue weighted by molar-refractivity contribution is -0.154. The summed E-state index contributed by atoms with van der Waals surface area (Å²) in [5, 5.41) is 4.41. The Kier molecular flexibility index (Phi) is 4.37. The van der Waals surface area contributed by atoms with Crippen molar-refractivity contribution in [2.24, 2.45) is 0 Å². The van der Waals surface area contributed by atoms with Gasteiger partial charge in [-0.25, -0.2) is 4.98 Å². The molecule has 3 aromatic heterocycles. The summed E-state index contributed by atoms with van der Waals surface area (Å²) in [6, 6.07) is 3.51. The summed E-state index contributed by atoms with van der Waals surface area (Å²) in [7, 11) is 0. The normalized spacial score (nSPS) is 18.2. The number of piperidine rings is 1. The second-order valence-electron chi connectivity index (χ2n) is 6.73. The van der Waals surface area contributed by atoms with Gasteiger partial charge < -0.3 is 15.2 Å². The molecule has 1 aliphatic rings. The first-order valence-electron chi connectivity index (χ1n) is 8.72. The van der Waals surface area contributed by atoms with Crippen LogP contribution >= 0.6 is 0 Å². The van der Waals surface area contributed by atoms with Gasteiger partial charge in [0.15, 0.2) is 0 Å². The van der Waals surface area contributed by atoms with Crippen molar-refractivity contribution in [2.45, 2.75) is 31.5 Å². The topological polar surface area (TPSA) is 73.9 Å². The molecule has 0 aromatic carbocycles. The zero-order chi connectivity index (χ0) is 19.0. The third-order valence-electron chi connectivity index (χ3n) is 4.76. The third kappa shape index (κ3) is 3.67. The average molecular weight is 377 g/mol. The Morgan fingerprint density at radius 3 is 3.00 bits per heavy atom. The van der Waals surface area contributed by atoms with Crippen molar-refractivity contribution < 1.29 is 18.0 Å². The number of pyridine rings is 2. The van der Waals surface area contributed by atoms with Crippen molar-refractivity contribution in [1.29, 1.82) is 0 Å². The molecule has 3 aromatic rings. The van der Waals surface area contributed by atoms with E-state index >= 15 is 0 Å². The van der Waals surface area contributed by atoms with E-state index in [1.165, 1.54) is 0 Å². The molecule has 1 atom stereocenters. The number of carbonyl (C=O) groups is 1. The Bertz CT molecular complexity index is 984. The van der Waals surface area contributed by atoms with Crippen LogP contribution in [0.2, 0.25) is 0 Å². The number of fused-ring (bicyclic) bond motifs is 3. The SMILES string of the molecule is O=C(CC(F)(F)F)NC1CCCN(c2ccnc3cnc4[nH]ccc4c23)C1. The number of amides is 1. The minimum absolute atomic E-state index is 0.319. The van der Waals surface area contributed by atoms with Crippen LogP contribution in [0, 0.1) is 0 Å². The molecule has 0 radical (unpaired) electrons. The van der Waals surface area contributed by atoms with Crippen molar-refractivity contribution in [3.05, 3.63) is 30.7 Å². The molecule has 0 spiro atoms. The van der Waals surface area contributed by atoms with Gasteiger partial charge in [-0.3, -0.25) is 9.78 Å². The van der Waals surface area contributed by atoms with Crippen LogP contribution < -0.4 is 10.2 Å². The third-order valence-corrected chi connectivity index (χ3v) is 4.76. The molecule has 142 valence electrons. The molecule has 1 amide bonds. The first kappa shape index (κ1) is 17.6. The predicted molar refractivity (Wildman–Crippen MR) is 95.4 cm³/mol. The molecule has 27 heavy (non-hydrogen) atoms. The minimum Gasteiger partial charge on any atom is -0.369 e. The van der Waals surface area contributed by atoms with Gasteiger partial charge in [0.1, 0.15) is 12.1 Å². The van der Waals surface area contributed by atoms with E-state index in [0.717, 1.165) is 40.6 Å². The first-order chi connectivity index (χ1) is 12.9. The first-order valence-corrected chi connectivity index (χ1v) is 8.72. The molecule has 6 nitrogen and oxygen atoms in total. The Labute approximate surface area is 152 Å². The highest BCUT2D eigenvalue weighted by molar-refractivity contribution is 6.10. The van der Waals surface area contributed by atoms with Gasteiger partial charge in [0.25, 0.3) is 0 Å². The second kappa shape index (κ2) is 6.71. The smallest absolute Gasteiger partial charge is 0.369 e. The molecule has 1 unspecified atom stereocenters. The summed E-state index contributed by atoms with van der Waals surface area (Å²) in [5.74, 6) is -0.980. The van der Waals surface area contributed by atoms with Crippen LogP contribution in [0.15, 0.2) is 30.7 Å². The monoisotopic (exact) mass is 377 g/mol. The Hall–Kier alpha value is -2.84. The van der Waals surface area contributed by atoms with Crippen molar-refractivity contribution in [3.8, 4) is 0 Å². The number of anilines is 1. The van der Waals surface area contributed by atoms with Crippen LogP contribution in [0.25, 0.3) is 21.9 Å². The fourth-order valence-electron chi connectivity index (χ4n) is 3.67. The number of rotatable bonds is 3. The lowest BCUT2D eigenvalue weighted by atomic mass is 10.0. The van der Waals surface area contributed by atoms with Gasteiger partial charge in [0.2, 0.25) is 5.91 Å². The number of carbonyl (C=O) groups excluding carboxylic acids is 1. The Morgan fingerprint density at radius 2 is 2.19 bits per heavy atom. The minimum atomic E-state index is -4.49. The number of hydrogen-bond donors (Lipinski definition) is 2. The summed E-state index contributed by atoms with van der Waals surface area (Å²) in [6.07, 6.45) is 0.703. The summed E-state index contributed by atoms with van der Waals surface area (Å²) in [4.78, 5) is 25.5. The van der Waals surface area contributed by atoms with Gasteiger partial charge >= 0.3 is 6.18 Å². The summed E-state index contributed by atoms with van der Waals surface area (Å²) >= 11 is 0. The van der Waals surface area contributed by atoms with Gasteiger partial charge in [0, 0.05) is 48.0 Å². The van der Waals surface area contributed by atoms with E-state index in [1.807, 2.05) is 18.3 Å². The van der Waals surface area contributed by atoms with Crippen LogP contribution in [0.4, 0.5) is 18.9 Å². The maximum atomic E-state index is 12.4. The van der Waals surface area contributed by atoms with Gasteiger partial charge in [0.05, 0.1) is 11.7 Å². The molecule has 0 bridgehead atoms. The lowest BCUT2D eigenvalue weighted by Crippen LogP contribution is -2.48. The predicted octanol–water partition coefficient (Wildman–Crippen LogP) is 3.15. The summed E-state index contributed by atoms with van der Waals surface area (Å²) in [6.45, 7) is 1.22. The lowest BCUT2D eigenvalue weighted by Gasteiger charge is -2.35. The summed E-state index contributed by atoms with van der Waals surface area (Å²) in [5.41, 5.74) is 2.45. The van der Waals surface area contributed by atoms with Gasteiger partial charge in [-0.05, 0) is 25.0 Å². The molecule has 1 aliphatic heterocycles. The van der Waals surface area contributed by atoms with E-state index in [1.54, 1.807) is 12.4 Å². The molecular formula is C18H18F3N5O. The maximum absolute atomic E-state index is 12.4. The van der Waals surface area contributed by atoms with Gasteiger partial charge in [-0.15, -0.1) is 0 Å². The number of halogens is 3. The van der Waals surface area contributed by atoms with E-state index in [0.29, 0.717) is 13.0 Å². The average Bonchev–Trinajstić information content (AvgIpc) is 3.08. The Balaban J connectivity index is 1.60. The maximum Gasteiger partial charge on any atom is 0.397 e.